The minimum absolute atomic E-state index is 0.0871. The average molecular weight is 613 g/mol. The van der Waals surface area contributed by atoms with Crippen LogP contribution in [0.5, 0.6) is 5.75 Å². The molecule has 9 nitrogen and oxygen atoms in total. The molecule has 226 valence electrons. The Bertz CT molecular complexity index is 1650. The van der Waals surface area contributed by atoms with E-state index < -0.39 is 29.7 Å². The van der Waals surface area contributed by atoms with Gasteiger partial charge < -0.3 is 20.1 Å². The number of aromatic nitrogens is 3. The number of benzene rings is 2. The molecule has 2 aliphatic rings. The van der Waals surface area contributed by atoms with E-state index in [1.807, 2.05) is 17.2 Å². The SMILES string of the molecule is COC1CN(Cc2ccc(F)c(O)c2)CC1NC(=O)c1cnc2ccc(N3CC(F)CC3c3cc(F)cc(SC)c3)nn12. The van der Waals surface area contributed by atoms with Gasteiger partial charge in [-0.3, -0.25) is 9.69 Å². The monoisotopic (exact) mass is 612 g/mol. The van der Waals surface area contributed by atoms with Gasteiger partial charge in [0.2, 0.25) is 0 Å². The third kappa shape index (κ3) is 6.01. The number of likely N-dealkylation sites (tertiary alicyclic amines) is 1. The molecule has 2 saturated heterocycles. The smallest absolute Gasteiger partial charge is 0.271 e. The van der Waals surface area contributed by atoms with Gasteiger partial charge in [0.25, 0.3) is 5.91 Å². The van der Waals surface area contributed by atoms with Crippen LogP contribution in [0.15, 0.2) is 59.6 Å². The summed E-state index contributed by atoms with van der Waals surface area (Å²) in [6.45, 7) is 1.52. The molecule has 2 aromatic heterocycles. The second kappa shape index (κ2) is 12.1. The molecule has 0 aliphatic carbocycles. The number of alkyl halides is 1. The van der Waals surface area contributed by atoms with E-state index in [0.29, 0.717) is 36.7 Å². The molecule has 4 heterocycles. The van der Waals surface area contributed by atoms with Gasteiger partial charge in [0.1, 0.15) is 17.8 Å². The summed E-state index contributed by atoms with van der Waals surface area (Å²) in [6, 6.07) is 11.6. The number of nitrogens with zero attached hydrogens (tertiary/aromatic N) is 5. The Hall–Kier alpha value is -3.81. The van der Waals surface area contributed by atoms with Crippen LogP contribution in [0.1, 0.15) is 34.1 Å². The van der Waals surface area contributed by atoms with Crippen molar-refractivity contribution in [2.24, 2.45) is 0 Å². The molecule has 1 amide bonds. The summed E-state index contributed by atoms with van der Waals surface area (Å²) in [5.41, 5.74) is 2.06. The molecule has 4 unspecified atom stereocenters. The molecule has 0 radical (unpaired) electrons. The minimum atomic E-state index is -1.12. The summed E-state index contributed by atoms with van der Waals surface area (Å²) >= 11 is 1.42. The summed E-state index contributed by atoms with van der Waals surface area (Å²) in [4.78, 5) is 22.4. The van der Waals surface area contributed by atoms with Gasteiger partial charge in [-0.05, 0) is 59.8 Å². The summed E-state index contributed by atoms with van der Waals surface area (Å²) in [7, 11) is 1.57. The first-order valence-electron chi connectivity index (χ1n) is 13.9. The lowest BCUT2D eigenvalue weighted by atomic mass is 10.0. The number of methoxy groups -OCH3 is 1. The van der Waals surface area contributed by atoms with Crippen molar-refractivity contribution in [3.05, 3.63) is 83.2 Å². The predicted molar refractivity (Wildman–Crippen MR) is 156 cm³/mol. The fourth-order valence-corrected chi connectivity index (χ4v) is 6.42. The number of aromatic hydroxyl groups is 1. The van der Waals surface area contributed by atoms with Crippen molar-refractivity contribution >= 4 is 29.1 Å². The van der Waals surface area contributed by atoms with Crippen LogP contribution in [0.4, 0.5) is 19.0 Å². The fourth-order valence-electron chi connectivity index (χ4n) is 5.94. The van der Waals surface area contributed by atoms with Crippen LogP contribution in [0.2, 0.25) is 0 Å². The number of rotatable bonds is 8. The van der Waals surface area contributed by atoms with E-state index >= 15 is 0 Å². The Morgan fingerprint density at radius 3 is 2.74 bits per heavy atom. The zero-order chi connectivity index (χ0) is 30.2. The van der Waals surface area contributed by atoms with E-state index in [0.717, 1.165) is 10.5 Å². The van der Waals surface area contributed by atoms with Crippen molar-refractivity contribution in [1.82, 2.24) is 24.8 Å². The summed E-state index contributed by atoms with van der Waals surface area (Å²) in [5.74, 6) is -1.42. The van der Waals surface area contributed by atoms with Crippen LogP contribution in [-0.4, -0.2) is 81.8 Å². The zero-order valence-corrected chi connectivity index (χ0v) is 24.4. The number of fused-ring (bicyclic) bond motifs is 1. The predicted octanol–water partition coefficient (Wildman–Crippen LogP) is 4.35. The first-order chi connectivity index (χ1) is 20.7. The topological polar surface area (TPSA) is 95.2 Å². The number of amides is 1. The molecule has 0 spiro atoms. The van der Waals surface area contributed by atoms with Crippen LogP contribution < -0.4 is 10.2 Å². The van der Waals surface area contributed by atoms with Gasteiger partial charge in [-0.15, -0.1) is 16.9 Å². The van der Waals surface area contributed by atoms with Crippen molar-refractivity contribution in [3.63, 3.8) is 0 Å². The third-order valence-electron chi connectivity index (χ3n) is 8.02. The Kier molecular flexibility index (Phi) is 8.21. The molecule has 2 N–H and O–H groups in total. The first kappa shape index (κ1) is 29.3. The summed E-state index contributed by atoms with van der Waals surface area (Å²) in [5, 5.41) is 17.4. The van der Waals surface area contributed by atoms with Gasteiger partial charge in [0, 0.05) is 38.1 Å². The second-order valence-electron chi connectivity index (χ2n) is 10.9. The Labute approximate surface area is 250 Å². The molecule has 0 saturated carbocycles. The lowest BCUT2D eigenvalue weighted by molar-refractivity contribution is 0.0755. The van der Waals surface area contributed by atoms with Crippen molar-refractivity contribution < 1.29 is 27.8 Å². The van der Waals surface area contributed by atoms with Crippen molar-refractivity contribution in [3.8, 4) is 5.75 Å². The van der Waals surface area contributed by atoms with Gasteiger partial charge >= 0.3 is 0 Å². The highest BCUT2D eigenvalue weighted by Crippen LogP contribution is 2.38. The standard InChI is InChI=1S/C30H31F3N6O3S/c1-42-27-16-37(13-17-3-4-22(33)26(40)7-17)15-23(27)35-30(41)25-12-34-28-5-6-29(36-39(25)28)38-14-20(32)11-24(38)18-8-19(31)10-21(9-18)43-2/h3-10,12,20,23-24,27,40H,11,13-16H2,1-2H3,(H,35,41). The number of carbonyl (C=O) groups excluding carboxylic acids is 1. The lowest BCUT2D eigenvalue weighted by Gasteiger charge is -2.26. The van der Waals surface area contributed by atoms with Crippen LogP contribution in [0.25, 0.3) is 5.65 Å². The molecule has 4 atom stereocenters. The molecule has 2 aliphatic heterocycles. The van der Waals surface area contributed by atoms with E-state index in [9.17, 15) is 23.1 Å². The average Bonchev–Trinajstić information content (AvgIpc) is 3.70. The van der Waals surface area contributed by atoms with Crippen LogP contribution in [-0.2, 0) is 11.3 Å². The van der Waals surface area contributed by atoms with Crippen LogP contribution in [0.3, 0.4) is 0 Å². The lowest BCUT2D eigenvalue weighted by Crippen LogP contribution is -2.44. The van der Waals surface area contributed by atoms with E-state index in [2.05, 4.69) is 15.4 Å². The molecular weight excluding hydrogens is 581 g/mol. The van der Waals surface area contributed by atoms with Crippen molar-refractivity contribution in [2.75, 3.05) is 37.9 Å². The Balaban J connectivity index is 1.21. The number of phenolic OH excluding ortho intramolecular Hbond substituents is 1. The number of thioether (sulfide) groups is 1. The highest BCUT2D eigenvalue weighted by molar-refractivity contribution is 7.98. The van der Waals surface area contributed by atoms with Gasteiger partial charge in [-0.25, -0.2) is 22.7 Å². The molecule has 4 aromatic rings. The highest BCUT2D eigenvalue weighted by Gasteiger charge is 2.36. The number of anilines is 1. The zero-order valence-electron chi connectivity index (χ0n) is 23.6. The second-order valence-corrected chi connectivity index (χ2v) is 11.7. The third-order valence-corrected chi connectivity index (χ3v) is 8.72. The number of imidazole rings is 1. The fraction of sp³-hybridized carbons (Fsp3) is 0.367. The molecule has 0 bridgehead atoms. The molecular formula is C30H31F3N6O3S. The molecule has 2 aromatic carbocycles. The van der Waals surface area contributed by atoms with Gasteiger partial charge in [-0.1, -0.05) is 6.07 Å². The number of carbonyl (C=O) groups is 1. The van der Waals surface area contributed by atoms with E-state index in [1.165, 1.54) is 46.7 Å². The Morgan fingerprint density at radius 1 is 1.14 bits per heavy atom. The summed E-state index contributed by atoms with van der Waals surface area (Å²) in [6.07, 6.45) is 2.07. The number of halogens is 3. The molecule has 13 heteroatoms. The number of hydrogen-bond acceptors (Lipinski definition) is 8. The Morgan fingerprint density at radius 2 is 1.98 bits per heavy atom. The van der Waals surface area contributed by atoms with Crippen LogP contribution >= 0.6 is 11.8 Å². The highest BCUT2D eigenvalue weighted by atomic mass is 32.2. The maximum Gasteiger partial charge on any atom is 0.271 e. The quantitative estimate of drug-likeness (QED) is 0.284. The van der Waals surface area contributed by atoms with Gasteiger partial charge in [0.15, 0.2) is 22.9 Å². The number of hydrogen-bond donors (Lipinski definition) is 2. The minimum Gasteiger partial charge on any atom is -0.505 e. The maximum absolute atomic E-state index is 14.7. The maximum atomic E-state index is 14.7. The van der Waals surface area contributed by atoms with Crippen LogP contribution in [0, 0.1) is 11.6 Å². The largest absolute Gasteiger partial charge is 0.505 e. The van der Waals surface area contributed by atoms with E-state index in [4.69, 9.17) is 4.74 Å². The van der Waals surface area contributed by atoms with Gasteiger partial charge in [-0.2, -0.15) is 0 Å². The van der Waals surface area contributed by atoms with E-state index in [-0.39, 0.29) is 36.6 Å². The summed E-state index contributed by atoms with van der Waals surface area (Å²) < 4.78 is 49.6. The molecule has 6 rings (SSSR count). The normalized spacial score (nSPS) is 22.5. The number of phenols is 1. The molecule has 2 fully saturated rings. The van der Waals surface area contributed by atoms with E-state index in [1.54, 1.807) is 30.2 Å². The van der Waals surface area contributed by atoms with Crippen molar-refractivity contribution in [1.29, 1.82) is 0 Å². The molecule has 43 heavy (non-hydrogen) atoms. The number of nitrogens with one attached hydrogen (secondary N) is 1. The van der Waals surface area contributed by atoms with Gasteiger partial charge in [0.05, 0.1) is 30.9 Å². The first-order valence-corrected chi connectivity index (χ1v) is 15.1. The van der Waals surface area contributed by atoms with Crippen molar-refractivity contribution in [2.45, 2.75) is 42.2 Å². The number of ether oxygens (including phenoxy) is 1.